The first-order valence-electron chi connectivity index (χ1n) is 7.43. The summed E-state index contributed by atoms with van der Waals surface area (Å²) in [6.45, 7) is 9.11. The average molecular weight is 294 g/mol. The highest BCUT2D eigenvalue weighted by Gasteiger charge is 2.42. The topological polar surface area (TPSA) is 86.8 Å². The highest BCUT2D eigenvalue weighted by atomic mass is 16.6. The Labute approximate surface area is 123 Å². The number of carbonyl (C=O) groups is 1. The molecule has 0 radical (unpaired) electrons. The molecule has 0 aliphatic carbocycles. The van der Waals surface area contributed by atoms with E-state index in [1.807, 2.05) is 25.7 Å². The number of ether oxygens (including phenoxy) is 1. The van der Waals surface area contributed by atoms with Crippen molar-refractivity contribution >= 4 is 6.09 Å². The molecule has 0 aromatic carbocycles. The number of quaternary nitrogens is 1. The molecule has 1 N–H and O–H groups in total. The largest absolute Gasteiger partial charge is 0.444 e. The van der Waals surface area contributed by atoms with Gasteiger partial charge in [0.25, 0.3) is 0 Å². The van der Waals surface area contributed by atoms with Crippen molar-refractivity contribution in [3.63, 3.8) is 0 Å². The number of carbonyl (C=O) groups excluding carboxylic acids is 1. The maximum absolute atomic E-state index is 12.2. The van der Waals surface area contributed by atoms with Crippen molar-refractivity contribution in [2.75, 3.05) is 26.2 Å². The monoisotopic (exact) mass is 294 g/mol. The van der Waals surface area contributed by atoms with E-state index >= 15 is 0 Å². The number of tetrazole rings is 1. The number of hydrogen-bond donors (Lipinski definition) is 1. The van der Waals surface area contributed by atoms with Gasteiger partial charge >= 0.3 is 6.09 Å². The van der Waals surface area contributed by atoms with Crippen LogP contribution in [0.3, 0.4) is 0 Å². The third-order valence-corrected chi connectivity index (χ3v) is 4.15. The van der Waals surface area contributed by atoms with E-state index in [-0.39, 0.29) is 6.09 Å². The van der Waals surface area contributed by atoms with E-state index in [1.54, 1.807) is 0 Å². The predicted octanol–water partition coefficient (Wildman–Crippen LogP) is -1.18. The van der Waals surface area contributed by atoms with Gasteiger partial charge in [0, 0.05) is 18.2 Å². The zero-order valence-electron chi connectivity index (χ0n) is 12.7. The smallest absolute Gasteiger partial charge is 0.410 e. The Morgan fingerprint density at radius 2 is 2.29 bits per heavy atom. The minimum Gasteiger partial charge on any atom is -0.444 e. The molecule has 21 heavy (non-hydrogen) atoms. The lowest BCUT2D eigenvalue weighted by atomic mass is 10.0. The molecule has 0 bridgehead atoms. The van der Waals surface area contributed by atoms with E-state index in [1.165, 1.54) is 4.90 Å². The lowest BCUT2D eigenvalue weighted by Gasteiger charge is -2.35. The molecule has 8 heteroatoms. The molecule has 1 unspecified atom stereocenters. The van der Waals surface area contributed by atoms with E-state index in [0.717, 1.165) is 38.4 Å². The molecular weight excluding hydrogens is 272 g/mol. The third kappa shape index (κ3) is 3.15. The summed E-state index contributed by atoms with van der Waals surface area (Å²) in [5, 5.41) is 15.1. The fourth-order valence-corrected chi connectivity index (χ4v) is 3.23. The molecule has 116 valence electrons. The Hall–Kier alpha value is -1.70. The Bertz CT molecular complexity index is 497. The summed E-state index contributed by atoms with van der Waals surface area (Å²) in [6.07, 6.45) is 0.764. The van der Waals surface area contributed by atoms with Crippen LogP contribution in [0, 0.1) is 0 Å². The molecule has 1 aromatic rings. The van der Waals surface area contributed by atoms with Crippen molar-refractivity contribution in [2.24, 2.45) is 0 Å². The van der Waals surface area contributed by atoms with E-state index < -0.39 is 5.60 Å². The van der Waals surface area contributed by atoms with Gasteiger partial charge in [-0.15, -0.1) is 0 Å². The molecule has 2 aliphatic heterocycles. The second-order valence-corrected chi connectivity index (χ2v) is 6.91. The van der Waals surface area contributed by atoms with Crippen LogP contribution < -0.4 is 10.00 Å². The van der Waals surface area contributed by atoms with Crippen molar-refractivity contribution in [1.82, 2.24) is 25.5 Å². The Balaban J connectivity index is 1.60. The number of aromatic nitrogens is 4. The Morgan fingerprint density at radius 3 is 2.95 bits per heavy atom. The number of nitrogens with one attached hydrogen (secondary N) is 1. The van der Waals surface area contributed by atoms with Gasteiger partial charge in [-0.05, 0) is 20.8 Å². The van der Waals surface area contributed by atoms with E-state index in [9.17, 15) is 4.79 Å². The second-order valence-electron chi connectivity index (χ2n) is 6.91. The maximum Gasteiger partial charge on any atom is 0.410 e. The lowest BCUT2D eigenvalue weighted by molar-refractivity contribution is -0.917. The minimum absolute atomic E-state index is 0.210. The number of rotatable bonds is 1. The summed E-state index contributed by atoms with van der Waals surface area (Å²) in [4.78, 5) is 15.5. The zero-order chi connectivity index (χ0) is 15.0. The van der Waals surface area contributed by atoms with Crippen LogP contribution in [0.4, 0.5) is 4.79 Å². The van der Waals surface area contributed by atoms with Crippen molar-refractivity contribution in [3.8, 4) is 0 Å². The summed E-state index contributed by atoms with van der Waals surface area (Å²) in [5.41, 5.74) is -0.445. The van der Waals surface area contributed by atoms with Crippen LogP contribution in [0.25, 0.3) is 0 Å². The summed E-state index contributed by atoms with van der Waals surface area (Å²) in [5.74, 6) is 1.04. The third-order valence-electron chi connectivity index (χ3n) is 4.15. The zero-order valence-corrected chi connectivity index (χ0v) is 12.7. The number of nitrogens with zero attached hydrogens (tertiary/aromatic N) is 5. The number of hydrogen-bond acceptors (Lipinski definition) is 5. The molecule has 0 saturated carbocycles. The van der Waals surface area contributed by atoms with Crippen LogP contribution in [0.15, 0.2) is 0 Å². The van der Waals surface area contributed by atoms with Crippen LogP contribution in [0.2, 0.25) is 0 Å². The highest BCUT2D eigenvalue weighted by molar-refractivity contribution is 5.68. The van der Waals surface area contributed by atoms with Gasteiger partial charge in [0.1, 0.15) is 11.6 Å². The summed E-state index contributed by atoms with van der Waals surface area (Å²) in [7, 11) is 0. The molecule has 1 amide bonds. The quantitative estimate of drug-likeness (QED) is 0.701. The van der Waals surface area contributed by atoms with Gasteiger partial charge in [-0.1, -0.05) is 0 Å². The van der Waals surface area contributed by atoms with E-state index in [0.29, 0.717) is 12.0 Å². The first kappa shape index (κ1) is 14.2. The van der Waals surface area contributed by atoms with Crippen LogP contribution in [0.5, 0.6) is 0 Å². The average Bonchev–Trinajstić information content (AvgIpc) is 3.04. The first-order valence-corrected chi connectivity index (χ1v) is 7.43. The van der Waals surface area contributed by atoms with Gasteiger partial charge in [-0.2, -0.15) is 5.21 Å². The van der Waals surface area contributed by atoms with E-state index in [4.69, 9.17) is 4.74 Å². The van der Waals surface area contributed by atoms with Gasteiger partial charge < -0.3 is 14.7 Å². The van der Waals surface area contributed by atoms with E-state index in [2.05, 4.69) is 20.6 Å². The molecule has 2 aliphatic rings. The number of fused-ring (bicyclic) bond motifs is 1. The molecule has 3 atom stereocenters. The molecule has 3 heterocycles. The molecule has 3 rings (SSSR count). The van der Waals surface area contributed by atoms with Gasteiger partial charge in [-0.25, -0.2) is 4.79 Å². The number of piperazine rings is 1. The fourth-order valence-electron chi connectivity index (χ4n) is 3.23. The fraction of sp³-hybridized carbons (Fsp3) is 0.846. The Kier molecular flexibility index (Phi) is 3.56. The van der Waals surface area contributed by atoms with Crippen LogP contribution in [-0.4, -0.2) is 64.3 Å². The van der Waals surface area contributed by atoms with Gasteiger partial charge in [0.15, 0.2) is 0 Å². The molecule has 2 saturated heterocycles. The molecular formula is C13H22N6O2. The maximum atomic E-state index is 12.2. The lowest BCUT2D eigenvalue weighted by Crippen LogP contribution is -3.16. The minimum atomic E-state index is -0.445. The standard InChI is InChI=1S/C13H21N6O2/c1-13(2,3)21-12(20)19-5-4-18-7-9(6-10(18)8-19)11-14-16-17-15-11/h9-10H,4-8H2,1-3H3/q-1/p+1/t9-,10-/m0/s1. The first-order chi connectivity index (χ1) is 9.92. The van der Waals surface area contributed by atoms with Gasteiger partial charge in [-0.3, -0.25) is 15.2 Å². The predicted molar refractivity (Wildman–Crippen MR) is 72.8 cm³/mol. The van der Waals surface area contributed by atoms with Crippen molar-refractivity contribution in [3.05, 3.63) is 5.82 Å². The Morgan fingerprint density at radius 1 is 1.48 bits per heavy atom. The second kappa shape index (κ2) is 5.25. The highest BCUT2D eigenvalue weighted by Crippen LogP contribution is 2.21. The summed E-state index contributed by atoms with van der Waals surface area (Å²) in [6, 6.07) is 0.426. The van der Waals surface area contributed by atoms with Crippen LogP contribution in [0.1, 0.15) is 38.9 Å². The summed E-state index contributed by atoms with van der Waals surface area (Å²) >= 11 is 0. The van der Waals surface area contributed by atoms with Crippen molar-refractivity contribution in [2.45, 2.75) is 44.8 Å². The molecule has 2 fully saturated rings. The van der Waals surface area contributed by atoms with Gasteiger partial charge in [0.2, 0.25) is 0 Å². The van der Waals surface area contributed by atoms with Gasteiger partial charge in [0.05, 0.1) is 26.2 Å². The molecule has 1 aromatic heterocycles. The van der Waals surface area contributed by atoms with Crippen molar-refractivity contribution in [1.29, 1.82) is 0 Å². The normalized spacial score (nSPS) is 29.3. The molecule has 0 spiro atoms. The summed E-state index contributed by atoms with van der Waals surface area (Å²) < 4.78 is 5.46. The van der Waals surface area contributed by atoms with Crippen molar-refractivity contribution < 1.29 is 14.4 Å². The SMILES string of the molecule is CC(C)(C)OC(=O)N1CC[NH+]2C[C@@H](c3nnn[n-]3)C[C@H]2C1. The van der Waals surface area contributed by atoms with Crippen LogP contribution in [-0.2, 0) is 4.74 Å². The number of amides is 1. The van der Waals surface area contributed by atoms with Crippen LogP contribution >= 0.6 is 0 Å². The molecule has 8 nitrogen and oxygen atoms in total.